The van der Waals surface area contributed by atoms with Crippen molar-refractivity contribution in [2.75, 3.05) is 11.9 Å². The van der Waals surface area contributed by atoms with Crippen LogP contribution >= 0.6 is 0 Å². The molecule has 1 aromatic heterocycles. The number of nitrogens with zero attached hydrogens (tertiary/aromatic N) is 2. The van der Waals surface area contributed by atoms with Crippen molar-refractivity contribution < 1.29 is 5.11 Å². The number of pyridine rings is 1. The highest BCUT2D eigenvalue weighted by Crippen LogP contribution is 2.29. The van der Waals surface area contributed by atoms with Crippen LogP contribution in [-0.4, -0.2) is 22.7 Å². The van der Waals surface area contributed by atoms with Crippen LogP contribution in [0.3, 0.4) is 0 Å². The lowest BCUT2D eigenvalue weighted by molar-refractivity contribution is 0.178. The first-order valence-electron chi connectivity index (χ1n) is 7.62. The van der Waals surface area contributed by atoms with Gasteiger partial charge in [0.25, 0.3) is 0 Å². The van der Waals surface area contributed by atoms with Gasteiger partial charge in [0.1, 0.15) is 11.9 Å². The Morgan fingerprint density at radius 1 is 1.30 bits per heavy atom. The molecule has 1 saturated carbocycles. The number of nitrogens with one attached hydrogen (secondary N) is 1. The van der Waals surface area contributed by atoms with Gasteiger partial charge in [0, 0.05) is 24.3 Å². The maximum Gasteiger partial charge on any atom is 0.144 e. The highest BCUT2D eigenvalue weighted by Gasteiger charge is 2.26. The first-order chi connectivity index (χ1) is 9.81. The van der Waals surface area contributed by atoms with E-state index in [0.717, 1.165) is 43.6 Å². The Balaban J connectivity index is 1.84. The van der Waals surface area contributed by atoms with E-state index in [0.29, 0.717) is 5.56 Å². The van der Waals surface area contributed by atoms with Crippen molar-refractivity contribution in [3.05, 3.63) is 22.9 Å². The quantitative estimate of drug-likeness (QED) is 0.885. The number of anilines is 1. The highest BCUT2D eigenvalue weighted by atomic mass is 16.3. The summed E-state index contributed by atoms with van der Waals surface area (Å²) in [4.78, 5) is 4.67. The summed E-state index contributed by atoms with van der Waals surface area (Å²) in [5.41, 5.74) is 3.02. The topological polar surface area (TPSA) is 68.9 Å². The summed E-state index contributed by atoms with van der Waals surface area (Å²) < 4.78 is 0. The van der Waals surface area contributed by atoms with Crippen molar-refractivity contribution in [3.8, 4) is 6.07 Å². The number of nitriles is 1. The molecule has 1 heterocycles. The summed E-state index contributed by atoms with van der Waals surface area (Å²) in [6, 6.07) is 4.50. The van der Waals surface area contributed by atoms with Crippen LogP contribution in [-0.2, 0) is 12.8 Å². The van der Waals surface area contributed by atoms with E-state index in [1.54, 1.807) is 0 Å². The molecule has 0 aromatic carbocycles. The largest absolute Gasteiger partial charge is 0.396 e. The predicted molar refractivity (Wildman–Crippen MR) is 77.4 cm³/mol. The van der Waals surface area contributed by atoms with Gasteiger partial charge in [0.15, 0.2) is 0 Å². The molecule has 2 atom stereocenters. The number of hydrogen-bond donors (Lipinski definition) is 2. The minimum Gasteiger partial charge on any atom is -0.396 e. The fourth-order valence-corrected chi connectivity index (χ4v) is 3.46. The van der Waals surface area contributed by atoms with E-state index in [1.165, 1.54) is 18.4 Å². The third-order valence-corrected chi connectivity index (χ3v) is 4.64. The summed E-state index contributed by atoms with van der Waals surface area (Å²) in [7, 11) is 0. The van der Waals surface area contributed by atoms with Crippen LogP contribution in [0.2, 0.25) is 0 Å². The highest BCUT2D eigenvalue weighted by molar-refractivity contribution is 5.55. The van der Waals surface area contributed by atoms with Crippen molar-refractivity contribution in [1.29, 1.82) is 5.26 Å². The molecule has 0 spiro atoms. The summed E-state index contributed by atoms with van der Waals surface area (Å²) in [5, 5.41) is 22.3. The lowest BCUT2D eigenvalue weighted by Gasteiger charge is -2.31. The molecule has 0 bridgehead atoms. The third kappa shape index (κ3) is 2.51. The van der Waals surface area contributed by atoms with Gasteiger partial charge >= 0.3 is 0 Å². The molecule has 1 aromatic rings. The standard InChI is InChI=1S/C16H21N3O/c17-9-13-8-11-5-3-7-14(11)18-16(13)19-15-6-2-1-4-12(15)10-20/h8,12,15,20H,1-7,10H2,(H,18,19). The van der Waals surface area contributed by atoms with E-state index in [-0.39, 0.29) is 18.6 Å². The van der Waals surface area contributed by atoms with Crippen LogP contribution in [0.1, 0.15) is 48.9 Å². The molecule has 4 heteroatoms. The number of aliphatic hydroxyl groups is 1. The van der Waals surface area contributed by atoms with Crippen molar-refractivity contribution in [3.63, 3.8) is 0 Å². The van der Waals surface area contributed by atoms with Crippen molar-refractivity contribution in [2.24, 2.45) is 5.92 Å². The Morgan fingerprint density at radius 2 is 2.15 bits per heavy atom. The summed E-state index contributed by atoms with van der Waals surface area (Å²) in [6.07, 6.45) is 7.67. The van der Waals surface area contributed by atoms with Crippen LogP contribution in [0.5, 0.6) is 0 Å². The molecule has 0 aliphatic heterocycles. The van der Waals surface area contributed by atoms with Crippen LogP contribution in [0, 0.1) is 17.2 Å². The number of fused-ring (bicyclic) bond motifs is 1. The van der Waals surface area contributed by atoms with Crippen LogP contribution in [0.25, 0.3) is 0 Å². The molecule has 2 aliphatic carbocycles. The monoisotopic (exact) mass is 271 g/mol. The van der Waals surface area contributed by atoms with E-state index in [2.05, 4.69) is 16.4 Å². The molecule has 3 rings (SSSR count). The Morgan fingerprint density at radius 3 is 2.95 bits per heavy atom. The lowest BCUT2D eigenvalue weighted by Crippen LogP contribution is -2.35. The second-order valence-electron chi connectivity index (χ2n) is 5.93. The smallest absolute Gasteiger partial charge is 0.144 e. The lowest BCUT2D eigenvalue weighted by atomic mass is 9.85. The number of aromatic nitrogens is 1. The van der Waals surface area contributed by atoms with Gasteiger partial charge in [-0.1, -0.05) is 12.8 Å². The minimum absolute atomic E-state index is 0.213. The maximum absolute atomic E-state index is 9.50. The Kier molecular flexibility index (Phi) is 3.88. The molecule has 0 radical (unpaired) electrons. The van der Waals surface area contributed by atoms with E-state index in [4.69, 9.17) is 0 Å². The van der Waals surface area contributed by atoms with E-state index < -0.39 is 0 Å². The van der Waals surface area contributed by atoms with Gasteiger partial charge in [-0.3, -0.25) is 0 Å². The zero-order valence-electron chi connectivity index (χ0n) is 11.7. The Hall–Kier alpha value is -1.60. The van der Waals surface area contributed by atoms with Gasteiger partial charge in [-0.15, -0.1) is 0 Å². The Bertz CT molecular complexity index is 535. The van der Waals surface area contributed by atoms with E-state index in [1.807, 2.05) is 6.07 Å². The number of rotatable bonds is 3. The van der Waals surface area contributed by atoms with Crippen LogP contribution in [0.15, 0.2) is 6.07 Å². The summed E-state index contributed by atoms with van der Waals surface area (Å²) >= 11 is 0. The average molecular weight is 271 g/mol. The molecule has 0 saturated heterocycles. The molecule has 4 nitrogen and oxygen atoms in total. The second kappa shape index (κ2) is 5.80. The zero-order valence-corrected chi connectivity index (χ0v) is 11.7. The third-order valence-electron chi connectivity index (χ3n) is 4.64. The molecule has 2 aliphatic rings. The zero-order chi connectivity index (χ0) is 13.9. The van der Waals surface area contributed by atoms with Crippen molar-refractivity contribution in [2.45, 2.75) is 51.0 Å². The second-order valence-corrected chi connectivity index (χ2v) is 5.93. The number of aryl methyl sites for hydroxylation is 2. The van der Waals surface area contributed by atoms with Gasteiger partial charge in [-0.2, -0.15) is 5.26 Å². The van der Waals surface area contributed by atoms with Crippen LogP contribution in [0.4, 0.5) is 5.82 Å². The van der Waals surface area contributed by atoms with Gasteiger partial charge in [0.2, 0.25) is 0 Å². The summed E-state index contributed by atoms with van der Waals surface area (Å²) in [5.74, 6) is 1.00. The van der Waals surface area contributed by atoms with Crippen LogP contribution < -0.4 is 5.32 Å². The average Bonchev–Trinajstić information content (AvgIpc) is 2.94. The molecule has 2 unspecified atom stereocenters. The van der Waals surface area contributed by atoms with Crippen molar-refractivity contribution >= 4 is 5.82 Å². The minimum atomic E-state index is 0.213. The van der Waals surface area contributed by atoms with Crippen molar-refractivity contribution in [1.82, 2.24) is 4.98 Å². The van der Waals surface area contributed by atoms with Gasteiger partial charge < -0.3 is 10.4 Å². The normalized spacial score (nSPS) is 25.0. The van der Waals surface area contributed by atoms with Gasteiger partial charge in [-0.25, -0.2) is 4.98 Å². The number of hydrogen-bond acceptors (Lipinski definition) is 4. The van der Waals surface area contributed by atoms with Gasteiger partial charge in [0.05, 0.1) is 5.56 Å². The Labute approximate surface area is 119 Å². The fraction of sp³-hybridized carbons (Fsp3) is 0.625. The first-order valence-corrected chi connectivity index (χ1v) is 7.62. The fourth-order valence-electron chi connectivity index (χ4n) is 3.46. The first kappa shape index (κ1) is 13.4. The molecule has 2 N–H and O–H groups in total. The molecule has 0 amide bonds. The molecular weight excluding hydrogens is 250 g/mol. The van der Waals surface area contributed by atoms with E-state index >= 15 is 0 Å². The maximum atomic E-state index is 9.50. The summed E-state index contributed by atoms with van der Waals surface area (Å²) in [6.45, 7) is 0.213. The SMILES string of the molecule is N#Cc1cc2c(nc1NC1CCCCC1CO)CCC2. The molecule has 20 heavy (non-hydrogen) atoms. The molecular formula is C16H21N3O. The molecule has 1 fully saturated rings. The predicted octanol–water partition coefficient (Wildman–Crippen LogP) is 2.40. The molecule has 106 valence electrons. The van der Waals surface area contributed by atoms with Gasteiger partial charge in [-0.05, 0) is 43.7 Å². The number of aliphatic hydroxyl groups excluding tert-OH is 1. The van der Waals surface area contributed by atoms with E-state index in [9.17, 15) is 10.4 Å².